The predicted octanol–water partition coefficient (Wildman–Crippen LogP) is 0.0927. The standard InChI is InChI=1S/C7H7N3S.2ClH.2H2O/c8-7-10-5-1-3-9-4-2-6(5)11-7;;;;/h1-4,7H,8H2;2*1H;2*1H2. The van der Waals surface area contributed by atoms with E-state index in [0.29, 0.717) is 0 Å². The molecule has 0 spiro atoms. The molecule has 1 unspecified atom stereocenters. The highest BCUT2D eigenvalue weighted by molar-refractivity contribution is 8.05. The number of allylic oxidation sites excluding steroid dienone is 3. The zero-order valence-corrected chi connectivity index (χ0v) is 10.0. The summed E-state index contributed by atoms with van der Waals surface area (Å²) in [6, 6.07) is 0. The maximum absolute atomic E-state index is 5.60. The number of nitrogens with zero attached hydrogens (tertiary/aromatic N) is 2. The van der Waals surface area contributed by atoms with Crippen molar-refractivity contribution in [2.45, 2.75) is 5.50 Å². The Kier molecular flexibility index (Phi) is 11.9. The van der Waals surface area contributed by atoms with Gasteiger partial charge in [0.2, 0.25) is 0 Å². The number of hydrogen-bond donors (Lipinski definition) is 1. The highest BCUT2D eigenvalue weighted by Gasteiger charge is 2.18. The first-order valence-corrected chi connectivity index (χ1v) is 4.15. The van der Waals surface area contributed by atoms with Crippen LogP contribution in [0.15, 0.2) is 33.2 Å². The van der Waals surface area contributed by atoms with Crippen molar-refractivity contribution >= 4 is 48.5 Å². The van der Waals surface area contributed by atoms with Gasteiger partial charge in [-0.05, 0) is 12.2 Å². The molecular weight excluding hydrogens is 261 g/mol. The largest absolute Gasteiger partial charge is 0.412 e. The maximum Gasteiger partial charge on any atom is 0.149 e. The number of thioether (sulfide) groups is 1. The first-order chi connectivity index (χ1) is 5.36. The second-order valence-corrected chi connectivity index (χ2v) is 3.33. The minimum Gasteiger partial charge on any atom is -0.412 e. The van der Waals surface area contributed by atoms with Crippen molar-refractivity contribution in [1.82, 2.24) is 0 Å². The first kappa shape index (κ1) is 20.1. The Hall–Kier alpha value is -0.370. The summed E-state index contributed by atoms with van der Waals surface area (Å²) in [6.07, 6.45) is 7.27. The predicted molar refractivity (Wildman–Crippen MR) is 70.4 cm³/mol. The van der Waals surface area contributed by atoms with Gasteiger partial charge in [-0.25, -0.2) is 0 Å². The van der Waals surface area contributed by atoms with E-state index in [2.05, 4.69) is 9.98 Å². The lowest BCUT2D eigenvalue weighted by molar-refractivity contribution is 0.823. The summed E-state index contributed by atoms with van der Waals surface area (Å²) in [5, 5.41) is 0. The monoisotopic (exact) mass is 273 g/mol. The zero-order chi connectivity index (χ0) is 7.68. The highest BCUT2D eigenvalue weighted by atomic mass is 35.5. The fourth-order valence-corrected chi connectivity index (χ4v) is 1.75. The van der Waals surface area contributed by atoms with Gasteiger partial charge in [0.1, 0.15) is 5.50 Å². The molecule has 0 aliphatic carbocycles. The lowest BCUT2D eigenvalue weighted by atomic mass is 10.3. The molecule has 8 heteroatoms. The minimum atomic E-state index is -0.132. The Bertz CT molecular complexity index is 305. The lowest BCUT2D eigenvalue weighted by Gasteiger charge is -1.93. The Labute approximate surface area is 104 Å². The molecule has 0 bridgehead atoms. The van der Waals surface area contributed by atoms with Gasteiger partial charge in [-0.3, -0.25) is 9.98 Å². The SMILES string of the molecule is Cl.Cl.NC1N=C2C=CN=CC=C2S1.O.O. The second-order valence-electron chi connectivity index (χ2n) is 2.17. The molecule has 2 rings (SSSR count). The van der Waals surface area contributed by atoms with Gasteiger partial charge < -0.3 is 16.7 Å². The van der Waals surface area contributed by atoms with E-state index < -0.39 is 0 Å². The quantitative estimate of drug-likeness (QED) is 0.674. The summed E-state index contributed by atoms with van der Waals surface area (Å²) >= 11 is 1.56. The molecule has 0 saturated heterocycles. The van der Waals surface area contributed by atoms with E-state index in [9.17, 15) is 0 Å². The van der Waals surface area contributed by atoms with E-state index in [4.69, 9.17) is 5.73 Å². The number of nitrogens with two attached hydrogens (primary N) is 1. The van der Waals surface area contributed by atoms with Crippen molar-refractivity contribution in [2.75, 3.05) is 0 Å². The first-order valence-electron chi connectivity index (χ1n) is 3.27. The molecule has 6 N–H and O–H groups in total. The molecule has 15 heavy (non-hydrogen) atoms. The zero-order valence-electron chi connectivity index (χ0n) is 7.58. The average molecular weight is 274 g/mol. The summed E-state index contributed by atoms with van der Waals surface area (Å²) < 4.78 is 0. The van der Waals surface area contributed by atoms with Crippen LogP contribution in [0.3, 0.4) is 0 Å². The Morgan fingerprint density at radius 3 is 2.60 bits per heavy atom. The molecule has 2 aliphatic rings. The molecule has 0 amide bonds. The van der Waals surface area contributed by atoms with Crippen LogP contribution in [-0.2, 0) is 0 Å². The molecule has 2 heterocycles. The van der Waals surface area contributed by atoms with Crippen LogP contribution >= 0.6 is 36.6 Å². The van der Waals surface area contributed by atoms with Crippen molar-refractivity contribution in [1.29, 1.82) is 0 Å². The van der Waals surface area contributed by atoms with Crippen LogP contribution in [0, 0.1) is 0 Å². The summed E-state index contributed by atoms with van der Waals surface area (Å²) in [4.78, 5) is 9.26. The Balaban J connectivity index is -0.000000360. The van der Waals surface area contributed by atoms with E-state index in [1.807, 2.05) is 12.2 Å². The molecule has 0 saturated carbocycles. The van der Waals surface area contributed by atoms with Crippen LogP contribution in [0.25, 0.3) is 0 Å². The number of halogens is 2. The Morgan fingerprint density at radius 1 is 1.27 bits per heavy atom. The smallest absolute Gasteiger partial charge is 0.149 e. The van der Waals surface area contributed by atoms with Gasteiger partial charge in [0, 0.05) is 17.3 Å². The number of rotatable bonds is 0. The average Bonchev–Trinajstić information content (AvgIpc) is 2.17. The second kappa shape index (κ2) is 8.90. The minimum absolute atomic E-state index is 0. The fraction of sp³-hybridized carbons (Fsp3) is 0.143. The molecule has 5 nitrogen and oxygen atoms in total. The number of aliphatic imine (C=N–C) groups is 2. The number of hydrogen-bond acceptors (Lipinski definition) is 4. The van der Waals surface area contributed by atoms with Gasteiger partial charge in [-0.1, -0.05) is 11.8 Å². The maximum atomic E-state index is 5.60. The van der Waals surface area contributed by atoms with Gasteiger partial charge >= 0.3 is 0 Å². The lowest BCUT2D eigenvalue weighted by Crippen LogP contribution is -2.07. The van der Waals surface area contributed by atoms with Gasteiger partial charge in [0.25, 0.3) is 0 Å². The summed E-state index contributed by atoms with van der Waals surface area (Å²) in [6.45, 7) is 0. The third kappa shape index (κ3) is 4.78. The van der Waals surface area contributed by atoms with Crippen molar-refractivity contribution in [3.8, 4) is 0 Å². The Morgan fingerprint density at radius 2 is 1.93 bits per heavy atom. The van der Waals surface area contributed by atoms with Crippen molar-refractivity contribution in [3.05, 3.63) is 23.3 Å². The van der Waals surface area contributed by atoms with Gasteiger partial charge in [-0.15, -0.1) is 24.8 Å². The summed E-state index contributed by atoms with van der Waals surface area (Å²) in [5.74, 6) is 0. The number of fused-ring (bicyclic) bond motifs is 1. The molecule has 0 aromatic heterocycles. The molecule has 88 valence electrons. The van der Waals surface area contributed by atoms with E-state index >= 15 is 0 Å². The van der Waals surface area contributed by atoms with Crippen molar-refractivity contribution in [2.24, 2.45) is 15.7 Å². The van der Waals surface area contributed by atoms with E-state index in [-0.39, 0.29) is 41.3 Å². The topological polar surface area (TPSA) is 114 Å². The van der Waals surface area contributed by atoms with Crippen LogP contribution in [0.1, 0.15) is 0 Å². The fourth-order valence-electron chi connectivity index (χ4n) is 0.941. The van der Waals surface area contributed by atoms with Crippen molar-refractivity contribution < 1.29 is 11.0 Å². The van der Waals surface area contributed by atoms with Gasteiger partial charge in [-0.2, -0.15) is 0 Å². The van der Waals surface area contributed by atoms with E-state index in [1.54, 1.807) is 24.2 Å². The third-order valence-corrected chi connectivity index (χ3v) is 2.34. The van der Waals surface area contributed by atoms with Crippen LogP contribution in [-0.4, -0.2) is 28.4 Å². The van der Waals surface area contributed by atoms with Gasteiger partial charge in [0.15, 0.2) is 0 Å². The molecule has 0 fully saturated rings. The van der Waals surface area contributed by atoms with Crippen LogP contribution in [0.4, 0.5) is 0 Å². The normalized spacial score (nSPS) is 20.2. The molecule has 2 aliphatic heterocycles. The van der Waals surface area contributed by atoms with Crippen LogP contribution < -0.4 is 5.73 Å². The molecular formula is C7H13Cl2N3O2S. The molecule has 1 atom stereocenters. The summed E-state index contributed by atoms with van der Waals surface area (Å²) in [7, 11) is 0. The summed E-state index contributed by atoms with van der Waals surface area (Å²) in [5.41, 5.74) is 6.41. The van der Waals surface area contributed by atoms with Gasteiger partial charge in [0.05, 0.1) is 5.71 Å². The molecule has 0 aromatic carbocycles. The molecule has 0 aromatic rings. The third-order valence-electron chi connectivity index (χ3n) is 1.40. The highest BCUT2D eigenvalue weighted by Crippen LogP contribution is 2.29. The van der Waals surface area contributed by atoms with Crippen LogP contribution in [0.2, 0.25) is 0 Å². The molecule has 0 radical (unpaired) electrons. The van der Waals surface area contributed by atoms with Crippen molar-refractivity contribution in [3.63, 3.8) is 0 Å². The van der Waals surface area contributed by atoms with E-state index in [1.165, 1.54) is 0 Å². The van der Waals surface area contributed by atoms with Crippen LogP contribution in [0.5, 0.6) is 0 Å². The van der Waals surface area contributed by atoms with E-state index in [0.717, 1.165) is 10.6 Å².